The summed E-state index contributed by atoms with van der Waals surface area (Å²) in [4.78, 5) is 4.04. The molecule has 1 aromatic heterocycles. The van der Waals surface area contributed by atoms with Crippen molar-refractivity contribution in [1.29, 1.82) is 5.26 Å². The van der Waals surface area contributed by atoms with Crippen LogP contribution in [0.4, 0.5) is 10.2 Å². The van der Waals surface area contributed by atoms with Crippen LogP contribution in [0.2, 0.25) is 5.02 Å². The molecule has 18 heavy (non-hydrogen) atoms. The maximum Gasteiger partial charge on any atom is 0.146 e. The van der Waals surface area contributed by atoms with Gasteiger partial charge in [0, 0.05) is 12.7 Å². The van der Waals surface area contributed by atoms with E-state index in [1.54, 1.807) is 12.1 Å². The zero-order valence-corrected chi connectivity index (χ0v) is 10.1. The number of halogens is 2. The molecule has 2 rings (SSSR count). The molecule has 1 aromatic carbocycles. The van der Waals surface area contributed by atoms with Crippen LogP contribution in [0.3, 0.4) is 0 Å². The third-order valence-corrected chi connectivity index (χ3v) is 2.74. The Morgan fingerprint density at radius 3 is 2.94 bits per heavy atom. The second-order valence-electron chi connectivity index (χ2n) is 3.62. The summed E-state index contributed by atoms with van der Waals surface area (Å²) >= 11 is 5.98. The van der Waals surface area contributed by atoms with Crippen molar-refractivity contribution < 1.29 is 4.39 Å². The van der Waals surface area contributed by atoms with Crippen molar-refractivity contribution in [2.24, 2.45) is 0 Å². The summed E-state index contributed by atoms with van der Waals surface area (Å²) < 4.78 is 13.0. The number of rotatable bonds is 3. The summed E-state index contributed by atoms with van der Waals surface area (Å²) in [5.74, 6) is 0.124. The normalized spacial score (nSPS) is 9.83. The first-order valence-electron chi connectivity index (χ1n) is 5.23. The SMILES string of the molecule is N#Cc1ccnc(NCc2cccc(F)c2)c1Cl. The van der Waals surface area contributed by atoms with E-state index in [0.717, 1.165) is 5.56 Å². The van der Waals surface area contributed by atoms with Gasteiger partial charge in [0.15, 0.2) is 0 Å². The lowest BCUT2D eigenvalue weighted by molar-refractivity contribution is 0.626. The first-order valence-corrected chi connectivity index (χ1v) is 5.61. The fourth-order valence-electron chi connectivity index (χ4n) is 1.49. The van der Waals surface area contributed by atoms with Gasteiger partial charge in [-0.1, -0.05) is 23.7 Å². The molecule has 0 spiro atoms. The molecule has 0 amide bonds. The second-order valence-corrected chi connectivity index (χ2v) is 3.99. The van der Waals surface area contributed by atoms with Crippen molar-refractivity contribution in [3.05, 3.63) is 58.5 Å². The molecule has 0 unspecified atom stereocenters. The van der Waals surface area contributed by atoms with Gasteiger partial charge >= 0.3 is 0 Å². The average molecular weight is 262 g/mol. The molecule has 1 heterocycles. The summed E-state index contributed by atoms with van der Waals surface area (Å²) in [6.07, 6.45) is 1.50. The van der Waals surface area contributed by atoms with Crippen LogP contribution in [0.5, 0.6) is 0 Å². The molecule has 5 heteroatoms. The van der Waals surface area contributed by atoms with Crippen molar-refractivity contribution in [2.75, 3.05) is 5.32 Å². The first-order chi connectivity index (χ1) is 8.70. The molecule has 0 aliphatic rings. The predicted octanol–water partition coefficient (Wildman–Crippen LogP) is 3.36. The summed E-state index contributed by atoms with van der Waals surface area (Å²) in [7, 11) is 0. The molecule has 0 fully saturated rings. The van der Waals surface area contributed by atoms with Gasteiger partial charge in [0.25, 0.3) is 0 Å². The molecular weight excluding hydrogens is 253 g/mol. The lowest BCUT2D eigenvalue weighted by Gasteiger charge is -2.08. The Labute approximate surface area is 109 Å². The molecule has 0 aliphatic carbocycles. The lowest BCUT2D eigenvalue weighted by atomic mass is 10.2. The van der Waals surface area contributed by atoms with Gasteiger partial charge in [-0.2, -0.15) is 5.26 Å². The quantitative estimate of drug-likeness (QED) is 0.922. The van der Waals surface area contributed by atoms with E-state index in [1.165, 1.54) is 24.4 Å². The van der Waals surface area contributed by atoms with Crippen LogP contribution in [-0.4, -0.2) is 4.98 Å². The summed E-state index contributed by atoms with van der Waals surface area (Å²) in [5.41, 5.74) is 1.13. The van der Waals surface area contributed by atoms with E-state index in [0.29, 0.717) is 17.9 Å². The van der Waals surface area contributed by atoms with E-state index in [4.69, 9.17) is 16.9 Å². The topological polar surface area (TPSA) is 48.7 Å². The number of pyridine rings is 1. The fourth-order valence-corrected chi connectivity index (χ4v) is 1.71. The Morgan fingerprint density at radius 1 is 1.39 bits per heavy atom. The van der Waals surface area contributed by atoms with E-state index in [2.05, 4.69) is 10.3 Å². The molecule has 0 bridgehead atoms. The van der Waals surface area contributed by atoms with Crippen molar-refractivity contribution in [2.45, 2.75) is 6.54 Å². The lowest BCUT2D eigenvalue weighted by Crippen LogP contribution is -2.02. The Morgan fingerprint density at radius 2 is 2.22 bits per heavy atom. The third kappa shape index (κ3) is 2.76. The van der Waals surface area contributed by atoms with Gasteiger partial charge in [-0.3, -0.25) is 0 Å². The number of nitrogens with one attached hydrogen (secondary N) is 1. The van der Waals surface area contributed by atoms with E-state index >= 15 is 0 Å². The van der Waals surface area contributed by atoms with Crippen LogP contribution in [-0.2, 0) is 6.54 Å². The first kappa shape index (κ1) is 12.3. The van der Waals surface area contributed by atoms with Gasteiger partial charge in [0.1, 0.15) is 22.7 Å². The number of nitrogens with zero attached hydrogens (tertiary/aromatic N) is 2. The Bertz CT molecular complexity index is 607. The van der Waals surface area contributed by atoms with Crippen molar-refractivity contribution in [3.8, 4) is 6.07 Å². The molecule has 0 saturated heterocycles. The number of anilines is 1. The van der Waals surface area contributed by atoms with Gasteiger partial charge in [-0.05, 0) is 23.8 Å². The molecule has 0 radical (unpaired) electrons. The zero-order valence-electron chi connectivity index (χ0n) is 9.32. The predicted molar refractivity (Wildman–Crippen MR) is 67.7 cm³/mol. The number of hydrogen-bond donors (Lipinski definition) is 1. The Balaban J connectivity index is 2.14. The van der Waals surface area contributed by atoms with Crippen LogP contribution in [0.15, 0.2) is 36.5 Å². The highest BCUT2D eigenvalue weighted by Gasteiger charge is 2.06. The standard InChI is InChI=1S/C13H9ClFN3/c14-12-10(7-16)4-5-17-13(12)18-8-9-2-1-3-11(15)6-9/h1-6H,8H2,(H,17,18). The number of nitriles is 1. The van der Waals surface area contributed by atoms with Crippen molar-refractivity contribution in [1.82, 2.24) is 4.98 Å². The highest BCUT2D eigenvalue weighted by Crippen LogP contribution is 2.23. The molecule has 0 aliphatic heterocycles. The van der Waals surface area contributed by atoms with Crippen molar-refractivity contribution >= 4 is 17.4 Å². The minimum atomic E-state index is -0.292. The van der Waals surface area contributed by atoms with Gasteiger partial charge in [0.05, 0.1) is 5.56 Å². The van der Waals surface area contributed by atoms with E-state index in [9.17, 15) is 4.39 Å². The van der Waals surface area contributed by atoms with Gasteiger partial charge in [-0.15, -0.1) is 0 Å². The van der Waals surface area contributed by atoms with Crippen LogP contribution in [0, 0.1) is 17.1 Å². The Kier molecular flexibility index (Phi) is 3.75. The third-order valence-electron chi connectivity index (χ3n) is 2.36. The number of aromatic nitrogens is 1. The van der Waals surface area contributed by atoms with E-state index < -0.39 is 0 Å². The molecular formula is C13H9ClFN3. The largest absolute Gasteiger partial charge is 0.365 e. The van der Waals surface area contributed by atoms with Crippen LogP contribution in [0.25, 0.3) is 0 Å². The van der Waals surface area contributed by atoms with E-state index in [1.807, 2.05) is 6.07 Å². The fraction of sp³-hybridized carbons (Fsp3) is 0.0769. The number of benzene rings is 1. The Hall–Kier alpha value is -2.12. The van der Waals surface area contributed by atoms with E-state index in [-0.39, 0.29) is 10.8 Å². The van der Waals surface area contributed by atoms with Crippen LogP contribution >= 0.6 is 11.6 Å². The minimum Gasteiger partial charge on any atom is -0.365 e. The molecule has 1 N–H and O–H groups in total. The van der Waals surface area contributed by atoms with Crippen LogP contribution in [0.1, 0.15) is 11.1 Å². The summed E-state index contributed by atoms with van der Waals surface area (Å²) in [6, 6.07) is 9.74. The van der Waals surface area contributed by atoms with Gasteiger partial charge < -0.3 is 5.32 Å². The van der Waals surface area contributed by atoms with Gasteiger partial charge in [-0.25, -0.2) is 9.37 Å². The van der Waals surface area contributed by atoms with Crippen LogP contribution < -0.4 is 5.32 Å². The molecule has 0 saturated carbocycles. The smallest absolute Gasteiger partial charge is 0.146 e. The van der Waals surface area contributed by atoms with Gasteiger partial charge in [0.2, 0.25) is 0 Å². The minimum absolute atomic E-state index is 0.274. The highest BCUT2D eigenvalue weighted by molar-refractivity contribution is 6.34. The summed E-state index contributed by atoms with van der Waals surface area (Å²) in [6.45, 7) is 0.388. The molecule has 0 atom stereocenters. The number of hydrogen-bond acceptors (Lipinski definition) is 3. The zero-order chi connectivity index (χ0) is 13.0. The summed E-state index contributed by atoms with van der Waals surface area (Å²) in [5, 5.41) is 12.1. The maximum atomic E-state index is 13.0. The molecule has 90 valence electrons. The second kappa shape index (κ2) is 5.48. The highest BCUT2D eigenvalue weighted by atomic mass is 35.5. The molecule has 2 aromatic rings. The molecule has 3 nitrogen and oxygen atoms in total. The maximum absolute atomic E-state index is 13.0. The average Bonchev–Trinajstić information content (AvgIpc) is 2.38. The van der Waals surface area contributed by atoms with Crippen molar-refractivity contribution in [3.63, 3.8) is 0 Å². The monoisotopic (exact) mass is 261 g/mol.